The average molecular weight is 401 g/mol. The van der Waals surface area contributed by atoms with Crippen LogP contribution >= 0.6 is 12.4 Å². The number of hydrogen-bond donors (Lipinski definition) is 1. The van der Waals surface area contributed by atoms with Gasteiger partial charge in [-0.15, -0.1) is 12.4 Å². The molecule has 2 aromatic rings. The third-order valence-electron chi connectivity index (χ3n) is 5.79. The van der Waals surface area contributed by atoms with E-state index in [1.54, 1.807) is 0 Å². The van der Waals surface area contributed by atoms with E-state index in [0.29, 0.717) is 13.0 Å². The molecule has 28 heavy (non-hydrogen) atoms. The third-order valence-corrected chi connectivity index (χ3v) is 5.79. The molecule has 0 bridgehead atoms. The van der Waals surface area contributed by atoms with Crippen molar-refractivity contribution in [3.8, 4) is 0 Å². The average Bonchev–Trinajstić information content (AvgIpc) is 2.74. The van der Waals surface area contributed by atoms with Crippen LogP contribution in [-0.4, -0.2) is 37.0 Å². The molecule has 0 radical (unpaired) electrons. The topological polar surface area (TPSA) is 41.6 Å². The van der Waals surface area contributed by atoms with Gasteiger partial charge in [-0.3, -0.25) is 4.79 Å². The quantitative estimate of drug-likeness (QED) is 0.847. The molecule has 2 heterocycles. The first-order valence-electron chi connectivity index (χ1n) is 10.0. The van der Waals surface area contributed by atoms with Crippen molar-refractivity contribution >= 4 is 18.3 Å². The smallest absolute Gasteiger partial charge is 0.226 e. The number of benzene rings is 2. The number of nitrogens with zero attached hydrogens (tertiary/aromatic N) is 1. The molecule has 1 N–H and O–H groups in total. The summed E-state index contributed by atoms with van der Waals surface area (Å²) in [7, 11) is 0. The van der Waals surface area contributed by atoms with Gasteiger partial charge >= 0.3 is 0 Å². The minimum atomic E-state index is -0.125. The molecular weight excluding hydrogens is 372 g/mol. The van der Waals surface area contributed by atoms with E-state index in [1.807, 2.05) is 11.0 Å². The van der Waals surface area contributed by atoms with Gasteiger partial charge in [0.15, 0.2) is 0 Å². The summed E-state index contributed by atoms with van der Waals surface area (Å²) in [6.45, 7) is 5.25. The van der Waals surface area contributed by atoms with Crippen molar-refractivity contribution in [1.82, 2.24) is 10.2 Å². The van der Waals surface area contributed by atoms with Gasteiger partial charge < -0.3 is 15.0 Å². The number of ether oxygens (including phenoxy) is 1. The molecule has 2 unspecified atom stereocenters. The number of aryl methyl sites for hydroxylation is 1. The second-order valence-corrected chi connectivity index (χ2v) is 7.41. The largest absolute Gasteiger partial charge is 0.373 e. The van der Waals surface area contributed by atoms with Crippen LogP contribution in [0.5, 0.6) is 0 Å². The van der Waals surface area contributed by atoms with Gasteiger partial charge in [0.2, 0.25) is 5.91 Å². The van der Waals surface area contributed by atoms with Gasteiger partial charge in [0, 0.05) is 19.6 Å². The second kappa shape index (κ2) is 9.55. The lowest BCUT2D eigenvalue weighted by Crippen LogP contribution is -2.49. The molecule has 1 fully saturated rings. The fraction of sp³-hybridized carbons (Fsp3) is 0.435. The van der Waals surface area contributed by atoms with Crippen molar-refractivity contribution in [2.45, 2.75) is 38.3 Å². The lowest BCUT2D eigenvalue weighted by atomic mass is 9.94. The van der Waals surface area contributed by atoms with Gasteiger partial charge in [-0.1, -0.05) is 55.5 Å². The normalized spacial score (nSPS) is 21.5. The summed E-state index contributed by atoms with van der Waals surface area (Å²) < 4.78 is 5.97. The highest BCUT2D eigenvalue weighted by Gasteiger charge is 2.31. The number of hydrogen-bond acceptors (Lipinski definition) is 3. The Morgan fingerprint density at radius 3 is 2.75 bits per heavy atom. The van der Waals surface area contributed by atoms with E-state index in [0.717, 1.165) is 32.5 Å². The molecule has 2 aliphatic heterocycles. The summed E-state index contributed by atoms with van der Waals surface area (Å²) in [5.74, 6) is 0.183. The van der Waals surface area contributed by atoms with Gasteiger partial charge in [-0.2, -0.15) is 0 Å². The number of carbonyl (C=O) groups is 1. The maximum absolute atomic E-state index is 13.2. The van der Waals surface area contributed by atoms with Gasteiger partial charge in [-0.05, 0) is 35.1 Å². The maximum Gasteiger partial charge on any atom is 0.226 e. The lowest BCUT2D eigenvalue weighted by molar-refractivity contribution is -0.138. The predicted molar refractivity (Wildman–Crippen MR) is 114 cm³/mol. The van der Waals surface area contributed by atoms with E-state index >= 15 is 0 Å². The summed E-state index contributed by atoms with van der Waals surface area (Å²) >= 11 is 0. The molecule has 5 heteroatoms. The first-order valence-corrected chi connectivity index (χ1v) is 10.0. The minimum Gasteiger partial charge on any atom is -0.373 e. The number of piperazine rings is 1. The number of amides is 1. The predicted octanol–water partition coefficient (Wildman–Crippen LogP) is 3.85. The minimum absolute atomic E-state index is 0. The van der Waals surface area contributed by atoms with Crippen LogP contribution in [0.25, 0.3) is 0 Å². The first kappa shape index (κ1) is 20.8. The van der Waals surface area contributed by atoms with E-state index in [1.165, 1.54) is 22.3 Å². The molecule has 150 valence electrons. The van der Waals surface area contributed by atoms with Gasteiger partial charge in [0.25, 0.3) is 0 Å². The van der Waals surface area contributed by atoms with Crippen LogP contribution in [0.15, 0.2) is 48.5 Å². The zero-order chi connectivity index (χ0) is 18.6. The van der Waals surface area contributed by atoms with E-state index < -0.39 is 0 Å². The highest BCUT2D eigenvalue weighted by atomic mass is 35.5. The number of carbonyl (C=O) groups excluding carboxylic acids is 1. The Balaban J connectivity index is 0.00000225. The molecule has 0 aromatic heterocycles. The second-order valence-electron chi connectivity index (χ2n) is 7.41. The highest BCUT2D eigenvalue weighted by molar-refractivity contribution is 5.85. The van der Waals surface area contributed by atoms with E-state index in [9.17, 15) is 4.79 Å². The lowest BCUT2D eigenvalue weighted by Gasteiger charge is -2.38. The molecule has 2 atom stereocenters. The van der Waals surface area contributed by atoms with Gasteiger partial charge in [-0.25, -0.2) is 0 Å². The first-order chi connectivity index (χ1) is 13.3. The third kappa shape index (κ3) is 4.40. The fourth-order valence-electron chi connectivity index (χ4n) is 4.20. The number of fused-ring (bicyclic) bond motifs is 1. The molecule has 2 aliphatic rings. The molecule has 1 saturated heterocycles. The number of rotatable bonds is 4. The van der Waals surface area contributed by atoms with Crippen molar-refractivity contribution in [1.29, 1.82) is 0 Å². The highest BCUT2D eigenvalue weighted by Crippen LogP contribution is 2.32. The summed E-state index contributed by atoms with van der Waals surface area (Å²) in [6.07, 6.45) is 2.26. The van der Waals surface area contributed by atoms with Crippen LogP contribution in [0, 0.1) is 0 Å². The number of nitrogens with one attached hydrogen (secondary N) is 1. The molecule has 1 amide bonds. The van der Waals surface area contributed by atoms with Crippen LogP contribution in [0.2, 0.25) is 0 Å². The molecule has 4 rings (SSSR count). The molecule has 0 spiro atoms. The van der Waals surface area contributed by atoms with Crippen LogP contribution in [0.1, 0.15) is 47.7 Å². The van der Waals surface area contributed by atoms with Crippen molar-refractivity contribution in [2.75, 3.05) is 26.2 Å². The Morgan fingerprint density at radius 2 is 1.96 bits per heavy atom. The monoisotopic (exact) mass is 400 g/mol. The standard InChI is InChI=1S/C23H28N2O2.ClH/c1-2-17-7-9-19(10-8-17)21-16-24-12-13-25(21)23(26)15-22-20-6-4-3-5-18(20)11-14-27-22;/h3-10,21-22,24H,2,11-16H2,1H3;1H. The Kier molecular flexibility index (Phi) is 7.11. The van der Waals surface area contributed by atoms with Crippen molar-refractivity contribution in [2.24, 2.45) is 0 Å². The van der Waals surface area contributed by atoms with E-state index in [-0.39, 0.29) is 30.5 Å². The van der Waals surface area contributed by atoms with Crippen molar-refractivity contribution in [3.05, 3.63) is 70.8 Å². The van der Waals surface area contributed by atoms with Gasteiger partial charge in [0.05, 0.1) is 25.2 Å². The Bertz CT molecular complexity index is 793. The fourth-order valence-corrected chi connectivity index (χ4v) is 4.20. The van der Waals surface area contributed by atoms with E-state index in [4.69, 9.17) is 4.74 Å². The molecule has 0 aliphatic carbocycles. The molecule has 2 aromatic carbocycles. The van der Waals surface area contributed by atoms with E-state index in [2.05, 4.69) is 54.7 Å². The van der Waals surface area contributed by atoms with Crippen LogP contribution < -0.4 is 5.32 Å². The van der Waals surface area contributed by atoms with Crippen LogP contribution in [0.4, 0.5) is 0 Å². The summed E-state index contributed by atoms with van der Waals surface area (Å²) in [6, 6.07) is 17.1. The zero-order valence-electron chi connectivity index (χ0n) is 16.4. The van der Waals surface area contributed by atoms with Crippen molar-refractivity contribution < 1.29 is 9.53 Å². The Labute approximate surface area is 173 Å². The Morgan fingerprint density at radius 1 is 1.18 bits per heavy atom. The number of halogens is 1. The molecule has 4 nitrogen and oxygen atoms in total. The zero-order valence-corrected chi connectivity index (χ0v) is 17.2. The maximum atomic E-state index is 13.2. The summed E-state index contributed by atoms with van der Waals surface area (Å²) in [5.41, 5.74) is 5.02. The van der Waals surface area contributed by atoms with Gasteiger partial charge in [0.1, 0.15) is 0 Å². The van der Waals surface area contributed by atoms with Crippen LogP contribution in [-0.2, 0) is 22.4 Å². The summed E-state index contributed by atoms with van der Waals surface area (Å²) in [5, 5.41) is 3.44. The SMILES string of the molecule is CCc1ccc(C2CNCCN2C(=O)CC2OCCc3ccccc32)cc1.Cl. The molecule has 0 saturated carbocycles. The Hall–Kier alpha value is -1.88. The molecular formula is C23H29ClN2O2. The summed E-state index contributed by atoms with van der Waals surface area (Å²) in [4.78, 5) is 15.2. The van der Waals surface area contributed by atoms with Crippen molar-refractivity contribution in [3.63, 3.8) is 0 Å². The van der Waals surface area contributed by atoms with Crippen LogP contribution in [0.3, 0.4) is 0 Å².